The fourth-order valence-electron chi connectivity index (χ4n) is 2.34. The quantitative estimate of drug-likeness (QED) is 0.143. The van der Waals surface area contributed by atoms with Gasteiger partial charge in [0.15, 0.2) is 0 Å². The molecule has 0 aromatic carbocycles. The maximum absolute atomic E-state index is 3.75. The van der Waals surface area contributed by atoms with Crippen molar-refractivity contribution < 1.29 is 0 Å². The van der Waals surface area contributed by atoms with Gasteiger partial charge in [0, 0.05) is 0 Å². The zero-order chi connectivity index (χ0) is 17.6. The molecule has 0 unspecified atom stereocenters. The van der Waals surface area contributed by atoms with Gasteiger partial charge in [-0.05, 0) is 64.2 Å². The molecule has 0 saturated carbocycles. The summed E-state index contributed by atoms with van der Waals surface area (Å²) in [6, 6.07) is 0. The molecule has 0 aromatic heterocycles. The van der Waals surface area contributed by atoms with Crippen molar-refractivity contribution in [2.45, 2.75) is 77.0 Å². The molecule has 0 spiro atoms. The van der Waals surface area contributed by atoms with Crippen LogP contribution in [-0.4, -0.2) is 0 Å². The van der Waals surface area contributed by atoms with Crippen LogP contribution in [0, 0.1) is 0 Å². The number of unbranched alkanes of at least 4 members (excludes halogenated alkanes) is 9. The Balaban J connectivity index is 3.35. The number of hydrogen-bond donors (Lipinski definition) is 0. The molecule has 0 nitrogen and oxygen atoms in total. The summed E-state index contributed by atoms with van der Waals surface area (Å²) >= 11 is 0. The van der Waals surface area contributed by atoms with Crippen molar-refractivity contribution in [3.63, 3.8) is 0 Å². The van der Waals surface area contributed by atoms with Crippen LogP contribution in [0.3, 0.4) is 0 Å². The van der Waals surface area contributed by atoms with Crippen LogP contribution in [-0.2, 0) is 0 Å². The first-order valence-electron chi connectivity index (χ1n) is 9.77. The monoisotopic (exact) mass is 326 g/mol. The Morgan fingerprint density at radius 2 is 0.708 bits per heavy atom. The topological polar surface area (TPSA) is 0 Å². The standard InChI is InChI=1S/C24H38/c1-3-5-7-9-11-13-15-17-19-21-23-24-22-20-18-16-14-12-10-8-6-4-2/h3-4,11,13,15,17-18,20,22,24H,1-2,5-10,12,14,16,19,21,23H2. The highest BCUT2D eigenvalue weighted by molar-refractivity contribution is 5.04. The fraction of sp³-hybridized carbons (Fsp3) is 0.500. The summed E-state index contributed by atoms with van der Waals surface area (Å²) in [5.41, 5.74) is 0. The molecule has 0 aliphatic rings. The van der Waals surface area contributed by atoms with Crippen molar-refractivity contribution in [2.75, 3.05) is 0 Å². The largest absolute Gasteiger partial charge is 0.103 e. The van der Waals surface area contributed by atoms with Crippen LogP contribution in [0.1, 0.15) is 77.0 Å². The van der Waals surface area contributed by atoms with Gasteiger partial charge in [-0.3, -0.25) is 0 Å². The number of hydrogen-bond acceptors (Lipinski definition) is 0. The Labute approximate surface area is 151 Å². The molecule has 0 aliphatic carbocycles. The Morgan fingerprint density at radius 1 is 0.375 bits per heavy atom. The molecule has 0 N–H and O–H groups in total. The third-order valence-corrected chi connectivity index (χ3v) is 3.82. The maximum Gasteiger partial charge on any atom is -0.0345 e. The predicted molar refractivity (Wildman–Crippen MR) is 112 cm³/mol. The minimum absolute atomic E-state index is 1.12. The van der Waals surface area contributed by atoms with E-state index >= 15 is 0 Å². The van der Waals surface area contributed by atoms with Crippen molar-refractivity contribution in [1.82, 2.24) is 0 Å². The lowest BCUT2D eigenvalue weighted by atomic mass is 10.1. The second-order valence-electron chi connectivity index (χ2n) is 6.14. The first kappa shape index (κ1) is 22.4. The average Bonchev–Trinajstić information content (AvgIpc) is 2.60. The third-order valence-electron chi connectivity index (χ3n) is 3.82. The smallest absolute Gasteiger partial charge is 0.0345 e. The van der Waals surface area contributed by atoms with E-state index in [0.29, 0.717) is 0 Å². The van der Waals surface area contributed by atoms with Crippen LogP contribution < -0.4 is 0 Å². The molecule has 134 valence electrons. The van der Waals surface area contributed by atoms with E-state index < -0.39 is 0 Å². The van der Waals surface area contributed by atoms with E-state index in [1.54, 1.807) is 0 Å². The van der Waals surface area contributed by atoms with Gasteiger partial charge < -0.3 is 0 Å². The zero-order valence-electron chi connectivity index (χ0n) is 15.7. The van der Waals surface area contributed by atoms with Crippen LogP contribution in [0.25, 0.3) is 0 Å². The second-order valence-corrected chi connectivity index (χ2v) is 6.14. The lowest BCUT2D eigenvalue weighted by Crippen LogP contribution is -1.76. The molecule has 0 saturated heterocycles. The summed E-state index contributed by atoms with van der Waals surface area (Å²) in [6.45, 7) is 7.48. The average molecular weight is 327 g/mol. The highest BCUT2D eigenvalue weighted by atomic mass is 13.9. The lowest BCUT2D eigenvalue weighted by molar-refractivity contribution is 0.652. The van der Waals surface area contributed by atoms with Crippen LogP contribution in [0.2, 0.25) is 0 Å². The predicted octanol–water partition coefficient (Wildman–Crippen LogP) is 8.26. The zero-order valence-corrected chi connectivity index (χ0v) is 15.7. The molecule has 0 atom stereocenters. The van der Waals surface area contributed by atoms with Crippen molar-refractivity contribution in [2.24, 2.45) is 0 Å². The molecule has 0 rings (SSSR count). The Kier molecular flexibility index (Phi) is 20.0. The minimum atomic E-state index is 1.12. The third kappa shape index (κ3) is 20.4. The van der Waals surface area contributed by atoms with Crippen LogP contribution >= 0.6 is 0 Å². The highest BCUT2D eigenvalue weighted by Crippen LogP contribution is 2.06. The lowest BCUT2D eigenvalue weighted by Gasteiger charge is -1.95. The molecule has 24 heavy (non-hydrogen) atoms. The van der Waals surface area contributed by atoms with Crippen LogP contribution in [0.5, 0.6) is 0 Å². The van der Waals surface area contributed by atoms with E-state index in [1.165, 1.54) is 57.8 Å². The van der Waals surface area contributed by atoms with Crippen LogP contribution in [0.4, 0.5) is 0 Å². The fourth-order valence-corrected chi connectivity index (χ4v) is 2.34. The summed E-state index contributed by atoms with van der Waals surface area (Å²) in [5.74, 6) is 0. The van der Waals surface area contributed by atoms with Gasteiger partial charge in [0.2, 0.25) is 0 Å². The molecule has 0 aromatic rings. The minimum Gasteiger partial charge on any atom is -0.103 e. The Bertz CT molecular complexity index is 379. The van der Waals surface area contributed by atoms with E-state index in [1.807, 2.05) is 12.2 Å². The van der Waals surface area contributed by atoms with Crippen molar-refractivity contribution in [1.29, 1.82) is 0 Å². The van der Waals surface area contributed by atoms with Gasteiger partial charge in [-0.2, -0.15) is 0 Å². The van der Waals surface area contributed by atoms with Crippen molar-refractivity contribution in [3.05, 3.63) is 73.9 Å². The Morgan fingerprint density at radius 3 is 1.17 bits per heavy atom. The summed E-state index contributed by atoms with van der Waals surface area (Å²) in [4.78, 5) is 0. The molecule has 0 fully saturated rings. The first-order chi connectivity index (χ1) is 11.9. The van der Waals surface area contributed by atoms with E-state index in [4.69, 9.17) is 0 Å². The SMILES string of the molecule is C=CCCCC=CC=CCCCC=CC=CCCCCCCC=C. The maximum atomic E-state index is 3.75. The molecular weight excluding hydrogens is 288 g/mol. The normalized spacial score (nSPS) is 12.2. The second kappa shape index (κ2) is 21.4. The van der Waals surface area contributed by atoms with Gasteiger partial charge in [-0.15, -0.1) is 13.2 Å². The molecule has 0 heteroatoms. The summed E-state index contributed by atoms with van der Waals surface area (Å²) < 4.78 is 0. The van der Waals surface area contributed by atoms with Gasteiger partial charge in [-0.25, -0.2) is 0 Å². The molecule has 0 radical (unpaired) electrons. The number of allylic oxidation sites excluding steroid dienone is 10. The van der Waals surface area contributed by atoms with Gasteiger partial charge >= 0.3 is 0 Å². The van der Waals surface area contributed by atoms with Gasteiger partial charge in [0.25, 0.3) is 0 Å². The van der Waals surface area contributed by atoms with Crippen molar-refractivity contribution >= 4 is 0 Å². The molecule has 0 bridgehead atoms. The van der Waals surface area contributed by atoms with E-state index in [-0.39, 0.29) is 0 Å². The molecular formula is C24H38. The van der Waals surface area contributed by atoms with Crippen LogP contribution in [0.15, 0.2) is 73.9 Å². The Hall–Kier alpha value is -1.56. The van der Waals surface area contributed by atoms with Gasteiger partial charge in [0.05, 0.1) is 0 Å². The summed E-state index contributed by atoms with van der Waals surface area (Å²) in [6.07, 6.45) is 36.5. The van der Waals surface area contributed by atoms with E-state index in [0.717, 1.165) is 19.3 Å². The highest BCUT2D eigenvalue weighted by Gasteiger charge is 1.86. The molecule has 0 aliphatic heterocycles. The number of rotatable bonds is 17. The first-order valence-corrected chi connectivity index (χ1v) is 9.77. The van der Waals surface area contributed by atoms with Gasteiger partial charge in [0.1, 0.15) is 0 Å². The summed E-state index contributed by atoms with van der Waals surface area (Å²) in [5, 5.41) is 0. The molecule has 0 heterocycles. The van der Waals surface area contributed by atoms with Gasteiger partial charge in [-0.1, -0.05) is 73.6 Å². The van der Waals surface area contributed by atoms with E-state index in [9.17, 15) is 0 Å². The van der Waals surface area contributed by atoms with Crippen molar-refractivity contribution in [3.8, 4) is 0 Å². The molecule has 0 amide bonds. The summed E-state index contributed by atoms with van der Waals surface area (Å²) in [7, 11) is 0. The van der Waals surface area contributed by atoms with E-state index in [2.05, 4.69) is 61.8 Å².